The molecular weight excluding hydrogens is 421 g/mol. The SMILES string of the molecule is CC(=O)Nc1ccc(C(=O)N2CCNC(=O)[C@@H]2Cc2ccccc2-c2ccc(F)cc2)cc1. The van der Waals surface area contributed by atoms with E-state index in [0.717, 1.165) is 16.7 Å². The first-order valence-corrected chi connectivity index (χ1v) is 10.7. The summed E-state index contributed by atoms with van der Waals surface area (Å²) in [6, 6.07) is 19.8. The van der Waals surface area contributed by atoms with E-state index in [1.807, 2.05) is 24.3 Å². The lowest BCUT2D eigenvalue weighted by Gasteiger charge is -2.35. The number of hydrogen-bond donors (Lipinski definition) is 2. The van der Waals surface area contributed by atoms with Gasteiger partial charge in [-0.2, -0.15) is 0 Å². The average Bonchev–Trinajstić information content (AvgIpc) is 2.81. The molecule has 0 saturated carbocycles. The molecule has 4 rings (SSSR count). The zero-order valence-corrected chi connectivity index (χ0v) is 18.2. The molecule has 1 fully saturated rings. The van der Waals surface area contributed by atoms with Crippen molar-refractivity contribution in [3.05, 3.63) is 89.7 Å². The van der Waals surface area contributed by atoms with Crippen LogP contribution in [-0.4, -0.2) is 41.8 Å². The Kier molecular flexibility index (Phi) is 6.49. The summed E-state index contributed by atoms with van der Waals surface area (Å²) in [5, 5.41) is 5.53. The van der Waals surface area contributed by atoms with Crippen molar-refractivity contribution in [1.29, 1.82) is 0 Å². The van der Waals surface area contributed by atoms with Gasteiger partial charge in [0.25, 0.3) is 5.91 Å². The van der Waals surface area contributed by atoms with Crippen LogP contribution in [0.3, 0.4) is 0 Å². The van der Waals surface area contributed by atoms with Crippen LogP contribution in [0, 0.1) is 5.82 Å². The van der Waals surface area contributed by atoms with E-state index in [1.165, 1.54) is 19.1 Å². The zero-order chi connectivity index (χ0) is 23.4. The van der Waals surface area contributed by atoms with Gasteiger partial charge in [-0.15, -0.1) is 0 Å². The van der Waals surface area contributed by atoms with Gasteiger partial charge in [-0.1, -0.05) is 36.4 Å². The van der Waals surface area contributed by atoms with Gasteiger partial charge in [0.05, 0.1) is 0 Å². The van der Waals surface area contributed by atoms with Crippen molar-refractivity contribution in [3.8, 4) is 11.1 Å². The lowest BCUT2D eigenvalue weighted by atomic mass is 9.93. The van der Waals surface area contributed by atoms with Gasteiger partial charge in [0, 0.05) is 37.7 Å². The van der Waals surface area contributed by atoms with E-state index in [0.29, 0.717) is 30.8 Å². The van der Waals surface area contributed by atoms with E-state index >= 15 is 0 Å². The second kappa shape index (κ2) is 9.65. The first-order chi connectivity index (χ1) is 15.9. The maximum absolute atomic E-state index is 13.4. The largest absolute Gasteiger partial charge is 0.353 e. The fourth-order valence-electron chi connectivity index (χ4n) is 4.04. The number of carbonyl (C=O) groups excluding carboxylic acids is 3. The third-order valence-electron chi connectivity index (χ3n) is 5.63. The van der Waals surface area contributed by atoms with Crippen molar-refractivity contribution in [2.24, 2.45) is 0 Å². The molecule has 0 spiro atoms. The van der Waals surface area contributed by atoms with Gasteiger partial charge >= 0.3 is 0 Å². The topological polar surface area (TPSA) is 78.5 Å². The summed E-state index contributed by atoms with van der Waals surface area (Å²) < 4.78 is 13.4. The van der Waals surface area contributed by atoms with E-state index in [2.05, 4.69) is 10.6 Å². The summed E-state index contributed by atoms with van der Waals surface area (Å²) in [7, 11) is 0. The molecule has 0 aliphatic carbocycles. The van der Waals surface area contributed by atoms with Crippen LogP contribution in [-0.2, 0) is 16.0 Å². The van der Waals surface area contributed by atoms with Crippen LogP contribution < -0.4 is 10.6 Å². The fraction of sp³-hybridized carbons (Fsp3) is 0.192. The Hall–Kier alpha value is -4.00. The highest BCUT2D eigenvalue weighted by atomic mass is 19.1. The minimum absolute atomic E-state index is 0.193. The molecule has 1 atom stereocenters. The first-order valence-electron chi connectivity index (χ1n) is 10.7. The molecule has 3 aromatic carbocycles. The average molecular weight is 445 g/mol. The van der Waals surface area contributed by atoms with E-state index < -0.39 is 6.04 Å². The first kappa shape index (κ1) is 22.2. The Morgan fingerprint density at radius 2 is 1.73 bits per heavy atom. The number of halogens is 1. The standard InChI is InChI=1S/C26H24FN3O3/c1-17(31)29-22-12-8-19(9-13-22)26(33)30-15-14-28-25(32)24(30)16-20-4-2-3-5-23(20)18-6-10-21(27)11-7-18/h2-13,24H,14-16H2,1H3,(H,28,32)(H,29,31)/t24-/m0/s1. The second-order valence-corrected chi connectivity index (χ2v) is 7.93. The van der Waals surface area contributed by atoms with E-state index in [-0.39, 0.29) is 23.5 Å². The Balaban J connectivity index is 1.60. The number of piperazine rings is 1. The number of hydrogen-bond acceptors (Lipinski definition) is 3. The molecule has 6 nitrogen and oxygen atoms in total. The number of rotatable bonds is 5. The zero-order valence-electron chi connectivity index (χ0n) is 18.2. The van der Waals surface area contributed by atoms with Crippen LogP contribution in [0.4, 0.5) is 10.1 Å². The molecule has 0 bridgehead atoms. The van der Waals surface area contributed by atoms with Crippen molar-refractivity contribution >= 4 is 23.4 Å². The minimum atomic E-state index is -0.678. The Morgan fingerprint density at radius 3 is 2.42 bits per heavy atom. The summed E-state index contributed by atoms with van der Waals surface area (Å²) in [6.45, 7) is 2.19. The number of amides is 3. The monoisotopic (exact) mass is 445 g/mol. The van der Waals surface area contributed by atoms with Crippen LogP contribution in [0.15, 0.2) is 72.8 Å². The van der Waals surface area contributed by atoms with Crippen molar-refractivity contribution in [2.45, 2.75) is 19.4 Å². The Bertz CT molecular complexity index is 1180. The summed E-state index contributed by atoms with van der Waals surface area (Å²) in [6.07, 6.45) is 0.328. The molecular formula is C26H24FN3O3. The van der Waals surface area contributed by atoms with Gasteiger partial charge in [-0.05, 0) is 53.1 Å². The molecule has 0 aromatic heterocycles. The molecule has 2 N–H and O–H groups in total. The van der Waals surface area contributed by atoms with E-state index in [4.69, 9.17) is 0 Å². The highest BCUT2D eigenvalue weighted by Crippen LogP contribution is 2.27. The summed E-state index contributed by atoms with van der Waals surface area (Å²) in [5.41, 5.74) is 3.67. The summed E-state index contributed by atoms with van der Waals surface area (Å²) >= 11 is 0. The predicted molar refractivity (Wildman–Crippen MR) is 124 cm³/mol. The number of nitrogens with zero attached hydrogens (tertiary/aromatic N) is 1. The smallest absolute Gasteiger partial charge is 0.254 e. The van der Waals surface area contributed by atoms with Crippen molar-refractivity contribution in [3.63, 3.8) is 0 Å². The Labute approximate surface area is 191 Å². The van der Waals surface area contributed by atoms with Crippen LogP contribution in [0.1, 0.15) is 22.8 Å². The molecule has 1 aliphatic rings. The lowest BCUT2D eigenvalue weighted by molar-refractivity contribution is -0.127. The lowest BCUT2D eigenvalue weighted by Crippen LogP contribution is -2.58. The quantitative estimate of drug-likeness (QED) is 0.630. The number of anilines is 1. The van der Waals surface area contributed by atoms with Crippen LogP contribution in [0.25, 0.3) is 11.1 Å². The highest BCUT2D eigenvalue weighted by molar-refractivity contribution is 5.99. The van der Waals surface area contributed by atoms with E-state index in [9.17, 15) is 18.8 Å². The molecule has 1 heterocycles. The molecule has 33 heavy (non-hydrogen) atoms. The predicted octanol–water partition coefficient (Wildman–Crippen LogP) is 3.63. The molecule has 3 amide bonds. The van der Waals surface area contributed by atoms with Crippen molar-refractivity contribution in [2.75, 3.05) is 18.4 Å². The second-order valence-electron chi connectivity index (χ2n) is 7.93. The minimum Gasteiger partial charge on any atom is -0.353 e. The molecule has 0 unspecified atom stereocenters. The van der Waals surface area contributed by atoms with Gasteiger partial charge < -0.3 is 15.5 Å². The van der Waals surface area contributed by atoms with Crippen LogP contribution in [0.2, 0.25) is 0 Å². The van der Waals surface area contributed by atoms with Gasteiger partial charge in [-0.25, -0.2) is 4.39 Å². The summed E-state index contributed by atoms with van der Waals surface area (Å²) in [4.78, 5) is 38.9. The van der Waals surface area contributed by atoms with Crippen LogP contribution in [0.5, 0.6) is 0 Å². The molecule has 168 valence electrons. The fourth-order valence-corrected chi connectivity index (χ4v) is 4.04. The summed E-state index contributed by atoms with van der Waals surface area (Å²) in [5.74, 6) is -0.965. The van der Waals surface area contributed by atoms with Gasteiger partial charge in [0.1, 0.15) is 11.9 Å². The number of carbonyl (C=O) groups is 3. The third-order valence-corrected chi connectivity index (χ3v) is 5.63. The number of benzene rings is 3. The molecule has 3 aromatic rings. The van der Waals surface area contributed by atoms with Gasteiger partial charge in [0.2, 0.25) is 11.8 Å². The maximum Gasteiger partial charge on any atom is 0.254 e. The van der Waals surface area contributed by atoms with Gasteiger partial charge in [-0.3, -0.25) is 14.4 Å². The van der Waals surface area contributed by atoms with Gasteiger partial charge in [0.15, 0.2) is 0 Å². The highest BCUT2D eigenvalue weighted by Gasteiger charge is 2.34. The molecule has 0 radical (unpaired) electrons. The van der Waals surface area contributed by atoms with E-state index in [1.54, 1.807) is 41.3 Å². The maximum atomic E-state index is 13.4. The molecule has 7 heteroatoms. The molecule has 1 aliphatic heterocycles. The number of nitrogens with one attached hydrogen (secondary N) is 2. The van der Waals surface area contributed by atoms with Crippen molar-refractivity contribution in [1.82, 2.24) is 10.2 Å². The normalized spacial score (nSPS) is 15.6. The van der Waals surface area contributed by atoms with Crippen LogP contribution >= 0.6 is 0 Å². The molecule has 1 saturated heterocycles. The third kappa shape index (κ3) is 5.09. The van der Waals surface area contributed by atoms with Crippen molar-refractivity contribution < 1.29 is 18.8 Å². The Morgan fingerprint density at radius 1 is 1.03 bits per heavy atom.